The highest BCUT2D eigenvalue weighted by molar-refractivity contribution is 5.89. The first-order valence-corrected chi connectivity index (χ1v) is 10.0. The van der Waals surface area contributed by atoms with Crippen molar-refractivity contribution in [1.29, 1.82) is 0 Å². The first-order valence-electron chi connectivity index (χ1n) is 10.0. The summed E-state index contributed by atoms with van der Waals surface area (Å²) in [4.78, 5) is 12.2. The zero-order valence-corrected chi connectivity index (χ0v) is 15.7. The van der Waals surface area contributed by atoms with E-state index in [4.69, 9.17) is 5.73 Å². The highest BCUT2D eigenvalue weighted by Gasteiger charge is 2.33. The lowest BCUT2D eigenvalue weighted by Crippen LogP contribution is -2.39. The number of nitrogens with zero attached hydrogens (tertiary/aromatic N) is 1. The van der Waals surface area contributed by atoms with Gasteiger partial charge in [0.2, 0.25) is 5.91 Å². The minimum Gasteiger partial charge on any atom is -0.399 e. The van der Waals surface area contributed by atoms with E-state index in [1.807, 2.05) is 18.2 Å². The number of amides is 1. The molecular weight excluding hydrogens is 353 g/mol. The molecule has 0 spiro atoms. The number of carbonyl (C=O) groups excluding carboxylic acids is 1. The third-order valence-corrected chi connectivity index (χ3v) is 6.02. The van der Waals surface area contributed by atoms with Gasteiger partial charge < -0.3 is 15.6 Å². The molecule has 28 heavy (non-hydrogen) atoms. The Morgan fingerprint density at radius 2 is 2.04 bits per heavy atom. The van der Waals surface area contributed by atoms with Crippen LogP contribution in [0.4, 0.5) is 10.1 Å². The monoisotopic (exact) mass is 377 g/mol. The Morgan fingerprint density at radius 3 is 2.82 bits per heavy atom. The average Bonchev–Trinajstić information content (AvgIpc) is 3.48. The maximum Gasteiger partial charge on any atom is 0.223 e. The van der Waals surface area contributed by atoms with Crippen LogP contribution in [0.1, 0.15) is 36.1 Å². The molecular formula is C23H24FN3O. The van der Waals surface area contributed by atoms with Crippen LogP contribution >= 0.6 is 0 Å². The number of nitrogen functional groups attached to an aromatic ring is 1. The van der Waals surface area contributed by atoms with E-state index in [0.29, 0.717) is 6.54 Å². The molecule has 1 heterocycles. The first-order chi connectivity index (χ1) is 13.6. The van der Waals surface area contributed by atoms with Gasteiger partial charge in [-0.25, -0.2) is 4.39 Å². The standard InChI is InChI=1S/C23H24FN3O/c24-16-3-1-2-14(10-16)13-27-21-8-6-17(25)11-19(21)20-12-18(7-9-22(20)27)26-23(28)15-4-5-15/h1-3,6,8,10-11,15,18H,4-5,7,9,12-13,25H2,(H,26,28). The van der Waals surface area contributed by atoms with Gasteiger partial charge in [0, 0.05) is 40.8 Å². The van der Waals surface area contributed by atoms with Crippen LogP contribution in [0.2, 0.25) is 0 Å². The fourth-order valence-corrected chi connectivity index (χ4v) is 4.45. The molecule has 1 saturated carbocycles. The van der Waals surface area contributed by atoms with Gasteiger partial charge in [-0.3, -0.25) is 4.79 Å². The lowest BCUT2D eigenvalue weighted by atomic mass is 9.91. The summed E-state index contributed by atoms with van der Waals surface area (Å²) in [5, 5.41) is 4.39. The van der Waals surface area contributed by atoms with Gasteiger partial charge in [-0.1, -0.05) is 12.1 Å². The zero-order chi connectivity index (χ0) is 19.3. The number of carbonyl (C=O) groups is 1. The summed E-state index contributed by atoms with van der Waals surface area (Å²) in [7, 11) is 0. The smallest absolute Gasteiger partial charge is 0.223 e. The molecule has 1 aromatic heterocycles. The van der Waals surface area contributed by atoms with Crippen molar-refractivity contribution in [2.45, 2.75) is 44.7 Å². The van der Waals surface area contributed by atoms with Crippen LogP contribution in [0.25, 0.3) is 10.9 Å². The molecule has 2 aliphatic rings. The Morgan fingerprint density at radius 1 is 1.18 bits per heavy atom. The Labute approximate surface area is 163 Å². The molecule has 3 aromatic rings. The van der Waals surface area contributed by atoms with Crippen LogP contribution in [-0.4, -0.2) is 16.5 Å². The molecule has 3 N–H and O–H groups in total. The van der Waals surface area contributed by atoms with Crippen molar-refractivity contribution in [1.82, 2.24) is 9.88 Å². The summed E-state index contributed by atoms with van der Waals surface area (Å²) < 4.78 is 16.0. The van der Waals surface area contributed by atoms with Crippen molar-refractivity contribution >= 4 is 22.5 Å². The number of hydrogen-bond donors (Lipinski definition) is 2. The summed E-state index contributed by atoms with van der Waals surface area (Å²) in [5.41, 5.74) is 11.4. The number of nitrogens with two attached hydrogens (primary N) is 1. The van der Waals surface area contributed by atoms with Crippen LogP contribution in [-0.2, 0) is 24.2 Å². The number of benzene rings is 2. The normalized spacial score (nSPS) is 18.8. The third kappa shape index (κ3) is 3.15. The van der Waals surface area contributed by atoms with E-state index in [1.54, 1.807) is 12.1 Å². The molecule has 1 fully saturated rings. The molecule has 1 atom stereocenters. The van der Waals surface area contributed by atoms with Gasteiger partial charge in [0.05, 0.1) is 0 Å². The quantitative estimate of drug-likeness (QED) is 0.680. The molecule has 2 aliphatic carbocycles. The predicted molar refractivity (Wildman–Crippen MR) is 109 cm³/mol. The number of nitrogens with one attached hydrogen (secondary N) is 1. The van der Waals surface area contributed by atoms with Gasteiger partial charge in [-0.05, 0) is 73.6 Å². The van der Waals surface area contributed by atoms with E-state index >= 15 is 0 Å². The van der Waals surface area contributed by atoms with Crippen molar-refractivity contribution in [2.24, 2.45) is 5.92 Å². The third-order valence-electron chi connectivity index (χ3n) is 6.02. The molecule has 0 aliphatic heterocycles. The van der Waals surface area contributed by atoms with Crippen molar-refractivity contribution in [3.8, 4) is 0 Å². The van der Waals surface area contributed by atoms with Crippen LogP contribution in [0.15, 0.2) is 42.5 Å². The SMILES string of the molecule is Nc1ccc2c(c1)c1c(n2Cc2cccc(F)c2)CCC(NC(=O)C2CC2)C1. The van der Waals surface area contributed by atoms with Crippen LogP contribution < -0.4 is 11.1 Å². The summed E-state index contributed by atoms with van der Waals surface area (Å²) in [6, 6.07) is 13.0. The summed E-state index contributed by atoms with van der Waals surface area (Å²) in [6.45, 7) is 0.632. The van der Waals surface area contributed by atoms with E-state index in [9.17, 15) is 9.18 Å². The van der Waals surface area contributed by atoms with Crippen LogP contribution in [0, 0.1) is 11.7 Å². The van der Waals surface area contributed by atoms with E-state index in [1.165, 1.54) is 17.3 Å². The molecule has 5 heteroatoms. The van der Waals surface area contributed by atoms with E-state index in [0.717, 1.165) is 54.3 Å². The Kier molecular flexibility index (Phi) is 4.11. The fraction of sp³-hybridized carbons (Fsp3) is 0.348. The second kappa shape index (κ2) is 6.66. The zero-order valence-electron chi connectivity index (χ0n) is 15.7. The second-order valence-electron chi connectivity index (χ2n) is 8.14. The van der Waals surface area contributed by atoms with Crippen molar-refractivity contribution in [3.05, 3.63) is 65.1 Å². The average molecular weight is 377 g/mol. The van der Waals surface area contributed by atoms with Gasteiger partial charge in [0.15, 0.2) is 0 Å². The number of rotatable bonds is 4. The Hall–Kier alpha value is -2.82. The largest absolute Gasteiger partial charge is 0.399 e. The molecule has 1 unspecified atom stereocenters. The molecule has 5 rings (SSSR count). The van der Waals surface area contributed by atoms with Gasteiger partial charge in [0.25, 0.3) is 0 Å². The lowest BCUT2D eigenvalue weighted by molar-refractivity contribution is -0.123. The lowest BCUT2D eigenvalue weighted by Gasteiger charge is -2.25. The fourth-order valence-electron chi connectivity index (χ4n) is 4.45. The minimum absolute atomic E-state index is 0.176. The minimum atomic E-state index is -0.213. The predicted octanol–water partition coefficient (Wildman–Crippen LogP) is 3.79. The highest BCUT2D eigenvalue weighted by Crippen LogP contribution is 2.35. The maximum atomic E-state index is 13.7. The topological polar surface area (TPSA) is 60.0 Å². The highest BCUT2D eigenvalue weighted by atomic mass is 19.1. The van der Waals surface area contributed by atoms with Gasteiger partial charge in [-0.2, -0.15) is 0 Å². The van der Waals surface area contributed by atoms with E-state index in [2.05, 4.69) is 16.0 Å². The molecule has 0 radical (unpaired) electrons. The summed E-state index contributed by atoms with van der Waals surface area (Å²) in [5.74, 6) is 0.220. The Bertz CT molecular complexity index is 1070. The summed E-state index contributed by atoms with van der Waals surface area (Å²) >= 11 is 0. The van der Waals surface area contributed by atoms with Gasteiger partial charge in [-0.15, -0.1) is 0 Å². The van der Waals surface area contributed by atoms with Crippen LogP contribution in [0.5, 0.6) is 0 Å². The van der Waals surface area contributed by atoms with E-state index < -0.39 is 0 Å². The number of hydrogen-bond acceptors (Lipinski definition) is 2. The molecule has 144 valence electrons. The number of aromatic nitrogens is 1. The molecule has 0 bridgehead atoms. The molecule has 0 saturated heterocycles. The first kappa shape index (κ1) is 17.3. The summed E-state index contributed by atoms with van der Waals surface area (Å²) in [6.07, 6.45) is 4.69. The van der Waals surface area contributed by atoms with E-state index in [-0.39, 0.29) is 23.7 Å². The second-order valence-corrected chi connectivity index (χ2v) is 8.14. The maximum absolute atomic E-state index is 13.7. The van der Waals surface area contributed by atoms with Gasteiger partial charge in [0.1, 0.15) is 5.82 Å². The number of halogens is 1. The van der Waals surface area contributed by atoms with Crippen molar-refractivity contribution < 1.29 is 9.18 Å². The van der Waals surface area contributed by atoms with Gasteiger partial charge >= 0.3 is 0 Å². The van der Waals surface area contributed by atoms with Crippen molar-refractivity contribution in [2.75, 3.05) is 5.73 Å². The Balaban J connectivity index is 1.52. The van der Waals surface area contributed by atoms with Crippen molar-refractivity contribution in [3.63, 3.8) is 0 Å². The molecule has 4 nitrogen and oxygen atoms in total. The number of fused-ring (bicyclic) bond motifs is 3. The van der Waals surface area contributed by atoms with Crippen LogP contribution in [0.3, 0.4) is 0 Å². The molecule has 1 amide bonds. The molecule has 2 aromatic carbocycles. The number of anilines is 1.